The van der Waals surface area contributed by atoms with Gasteiger partial charge in [0.2, 0.25) is 0 Å². The Morgan fingerprint density at radius 2 is 2.18 bits per heavy atom. The van der Waals surface area contributed by atoms with Crippen molar-refractivity contribution >= 4 is 10.9 Å². The Kier molecular flexibility index (Phi) is 5.25. The van der Waals surface area contributed by atoms with Crippen LogP contribution in [0.3, 0.4) is 0 Å². The van der Waals surface area contributed by atoms with Crippen molar-refractivity contribution in [3.05, 3.63) is 47.7 Å². The minimum atomic E-state index is 0.0650. The molecule has 2 N–H and O–H groups in total. The smallest absolute Gasteiger partial charge is 0.176 e. The van der Waals surface area contributed by atoms with Crippen LogP contribution in [0.1, 0.15) is 63.3 Å². The number of para-hydroxylation sites is 1. The highest BCUT2D eigenvalue weighted by Gasteiger charge is 2.30. The van der Waals surface area contributed by atoms with E-state index in [2.05, 4.69) is 66.6 Å². The number of fused-ring (bicyclic) bond motifs is 2. The van der Waals surface area contributed by atoms with E-state index in [-0.39, 0.29) is 11.5 Å². The van der Waals surface area contributed by atoms with Crippen molar-refractivity contribution in [3.8, 4) is 0 Å². The van der Waals surface area contributed by atoms with E-state index in [1.165, 1.54) is 16.5 Å². The molecule has 0 saturated carbocycles. The first-order chi connectivity index (χ1) is 13.5. The summed E-state index contributed by atoms with van der Waals surface area (Å²) in [6, 6.07) is 9.16. The SMILES string of the molecule is COCc1nc2n(n1)CCC[C@@H]2N[C@H](C)CC(C)(C)c1c[nH]c2ccccc12. The summed E-state index contributed by atoms with van der Waals surface area (Å²) in [5.74, 6) is 1.83. The summed E-state index contributed by atoms with van der Waals surface area (Å²) in [6.07, 6.45) is 5.44. The minimum Gasteiger partial charge on any atom is -0.377 e. The third-order valence-electron chi connectivity index (χ3n) is 5.81. The fraction of sp³-hybridized carbons (Fsp3) is 0.545. The lowest BCUT2D eigenvalue weighted by Crippen LogP contribution is -2.38. The predicted molar refractivity (Wildman–Crippen MR) is 111 cm³/mol. The van der Waals surface area contributed by atoms with Gasteiger partial charge in [-0.25, -0.2) is 9.67 Å². The summed E-state index contributed by atoms with van der Waals surface area (Å²) < 4.78 is 7.25. The van der Waals surface area contributed by atoms with E-state index in [4.69, 9.17) is 9.72 Å². The van der Waals surface area contributed by atoms with Crippen LogP contribution < -0.4 is 5.32 Å². The largest absolute Gasteiger partial charge is 0.377 e. The van der Waals surface area contributed by atoms with Gasteiger partial charge in [0.25, 0.3) is 0 Å². The zero-order valence-electron chi connectivity index (χ0n) is 17.3. The van der Waals surface area contributed by atoms with E-state index in [0.717, 1.165) is 37.5 Å². The van der Waals surface area contributed by atoms with Crippen LogP contribution in [0.5, 0.6) is 0 Å². The summed E-state index contributed by atoms with van der Waals surface area (Å²) in [6.45, 7) is 8.36. The van der Waals surface area contributed by atoms with E-state index >= 15 is 0 Å². The minimum absolute atomic E-state index is 0.0650. The zero-order valence-corrected chi connectivity index (χ0v) is 17.3. The Hall–Kier alpha value is -2.18. The second-order valence-corrected chi connectivity index (χ2v) is 8.64. The first kappa shape index (κ1) is 19.2. The van der Waals surface area contributed by atoms with Crippen LogP contribution in [0.25, 0.3) is 10.9 Å². The van der Waals surface area contributed by atoms with Crippen LogP contribution >= 0.6 is 0 Å². The zero-order chi connectivity index (χ0) is 19.7. The van der Waals surface area contributed by atoms with E-state index in [1.807, 2.05) is 4.68 Å². The molecule has 3 heterocycles. The molecule has 1 aliphatic rings. The van der Waals surface area contributed by atoms with Crippen molar-refractivity contribution in [3.63, 3.8) is 0 Å². The van der Waals surface area contributed by atoms with Crippen molar-refractivity contribution in [2.75, 3.05) is 7.11 Å². The molecule has 150 valence electrons. The number of aryl methyl sites for hydroxylation is 1. The molecule has 0 spiro atoms. The van der Waals surface area contributed by atoms with Gasteiger partial charge in [-0.15, -0.1) is 0 Å². The van der Waals surface area contributed by atoms with Crippen molar-refractivity contribution in [2.24, 2.45) is 0 Å². The second kappa shape index (κ2) is 7.68. The summed E-state index contributed by atoms with van der Waals surface area (Å²) in [7, 11) is 1.69. The van der Waals surface area contributed by atoms with Gasteiger partial charge < -0.3 is 15.0 Å². The number of benzene rings is 1. The average molecular weight is 382 g/mol. The van der Waals surface area contributed by atoms with Gasteiger partial charge in [-0.05, 0) is 43.2 Å². The third-order valence-corrected chi connectivity index (χ3v) is 5.81. The number of nitrogens with one attached hydrogen (secondary N) is 2. The number of H-pyrrole nitrogens is 1. The fourth-order valence-corrected chi connectivity index (χ4v) is 4.66. The lowest BCUT2D eigenvalue weighted by atomic mass is 9.79. The van der Waals surface area contributed by atoms with E-state index in [0.29, 0.717) is 12.6 Å². The summed E-state index contributed by atoms with van der Waals surface area (Å²) >= 11 is 0. The van der Waals surface area contributed by atoms with Crippen molar-refractivity contribution in [2.45, 2.75) is 70.7 Å². The first-order valence-corrected chi connectivity index (χ1v) is 10.2. The highest BCUT2D eigenvalue weighted by molar-refractivity contribution is 5.84. The van der Waals surface area contributed by atoms with Crippen LogP contribution in [0.15, 0.2) is 30.5 Å². The van der Waals surface area contributed by atoms with Gasteiger partial charge in [0.1, 0.15) is 12.4 Å². The Balaban J connectivity index is 1.48. The number of methoxy groups -OCH3 is 1. The maximum Gasteiger partial charge on any atom is 0.176 e. The van der Waals surface area contributed by atoms with Crippen LogP contribution in [0, 0.1) is 0 Å². The van der Waals surface area contributed by atoms with Crippen LogP contribution in [-0.2, 0) is 23.3 Å². The summed E-state index contributed by atoms with van der Waals surface area (Å²) in [5, 5.41) is 9.73. The highest BCUT2D eigenvalue weighted by Crippen LogP contribution is 2.34. The molecule has 3 aromatic rings. The normalized spacial score (nSPS) is 18.4. The third kappa shape index (κ3) is 3.71. The molecule has 2 atom stereocenters. The second-order valence-electron chi connectivity index (χ2n) is 8.64. The van der Waals surface area contributed by atoms with Gasteiger partial charge in [0, 0.05) is 36.8 Å². The molecule has 6 heteroatoms. The molecular formula is C22H31N5O. The number of hydrogen-bond acceptors (Lipinski definition) is 4. The van der Waals surface area contributed by atoms with Gasteiger partial charge >= 0.3 is 0 Å². The number of hydrogen-bond donors (Lipinski definition) is 2. The topological polar surface area (TPSA) is 67.8 Å². The predicted octanol–water partition coefficient (Wildman–Crippen LogP) is 4.09. The Morgan fingerprint density at radius 3 is 3.00 bits per heavy atom. The Labute approximate surface area is 166 Å². The Morgan fingerprint density at radius 1 is 1.36 bits per heavy atom. The van der Waals surface area contributed by atoms with E-state index < -0.39 is 0 Å². The highest BCUT2D eigenvalue weighted by atomic mass is 16.5. The molecule has 1 aromatic carbocycles. The molecule has 0 bridgehead atoms. The molecule has 1 aliphatic heterocycles. The maximum atomic E-state index is 5.20. The monoisotopic (exact) mass is 381 g/mol. The molecule has 0 aliphatic carbocycles. The molecular weight excluding hydrogens is 350 g/mol. The fourth-order valence-electron chi connectivity index (χ4n) is 4.66. The molecule has 0 saturated heterocycles. The van der Waals surface area contributed by atoms with Crippen molar-refractivity contribution in [1.82, 2.24) is 25.1 Å². The standard InChI is InChI=1S/C22H31N5O/c1-15(12-22(2,3)17-13-23-18-9-6-5-8-16(17)18)24-19-10-7-11-27-21(19)25-20(26-27)14-28-4/h5-6,8-9,13,15,19,23-24H,7,10-12,14H2,1-4H3/t15-,19+/m1/s1. The molecule has 0 fully saturated rings. The molecule has 28 heavy (non-hydrogen) atoms. The molecule has 0 radical (unpaired) electrons. The quantitative estimate of drug-likeness (QED) is 0.647. The number of nitrogens with zero attached hydrogens (tertiary/aromatic N) is 3. The number of aromatic amines is 1. The van der Waals surface area contributed by atoms with Gasteiger partial charge in [-0.1, -0.05) is 32.0 Å². The summed E-state index contributed by atoms with van der Waals surface area (Å²) in [4.78, 5) is 8.14. The van der Waals surface area contributed by atoms with E-state index in [9.17, 15) is 0 Å². The lowest BCUT2D eigenvalue weighted by Gasteiger charge is -2.32. The van der Waals surface area contributed by atoms with Crippen LogP contribution in [0.2, 0.25) is 0 Å². The number of aromatic nitrogens is 4. The van der Waals surface area contributed by atoms with Gasteiger partial charge in [-0.3, -0.25) is 0 Å². The summed E-state index contributed by atoms with van der Waals surface area (Å²) in [5.41, 5.74) is 2.65. The average Bonchev–Trinajstić information content (AvgIpc) is 3.26. The number of ether oxygens (including phenoxy) is 1. The maximum absolute atomic E-state index is 5.20. The molecule has 0 amide bonds. The van der Waals surface area contributed by atoms with Gasteiger partial charge in [0.05, 0.1) is 6.04 Å². The van der Waals surface area contributed by atoms with E-state index in [1.54, 1.807) is 7.11 Å². The molecule has 6 nitrogen and oxygen atoms in total. The van der Waals surface area contributed by atoms with Crippen LogP contribution in [-0.4, -0.2) is 32.9 Å². The van der Waals surface area contributed by atoms with Crippen LogP contribution in [0.4, 0.5) is 0 Å². The Bertz CT molecular complexity index is 941. The molecule has 2 aromatic heterocycles. The van der Waals surface area contributed by atoms with Gasteiger partial charge in [-0.2, -0.15) is 5.10 Å². The molecule has 0 unspecified atom stereocenters. The van der Waals surface area contributed by atoms with Crippen molar-refractivity contribution < 1.29 is 4.74 Å². The molecule has 4 rings (SSSR count). The number of rotatable bonds is 7. The first-order valence-electron chi connectivity index (χ1n) is 10.2. The van der Waals surface area contributed by atoms with Gasteiger partial charge in [0.15, 0.2) is 5.82 Å². The van der Waals surface area contributed by atoms with Crippen molar-refractivity contribution in [1.29, 1.82) is 0 Å². The lowest BCUT2D eigenvalue weighted by molar-refractivity contribution is 0.177.